The molecular weight excluding hydrogens is 281 g/mol. The number of amides is 1. The lowest BCUT2D eigenvalue weighted by Gasteiger charge is -2.30. The zero-order valence-corrected chi connectivity index (χ0v) is 12.1. The van der Waals surface area contributed by atoms with E-state index in [0.29, 0.717) is 18.0 Å². The minimum absolute atomic E-state index is 0.0577. The highest BCUT2D eigenvalue weighted by molar-refractivity contribution is 5.76. The number of benzene rings is 2. The van der Waals surface area contributed by atoms with Gasteiger partial charge in [-0.05, 0) is 35.2 Å². The van der Waals surface area contributed by atoms with Crippen molar-refractivity contribution in [3.63, 3.8) is 0 Å². The number of hydrogen-bond donors (Lipinski definition) is 2. The molecule has 1 amide bonds. The largest absolute Gasteiger partial charge is 0.388 e. The summed E-state index contributed by atoms with van der Waals surface area (Å²) in [5.74, 6) is -0.282. The summed E-state index contributed by atoms with van der Waals surface area (Å²) in [4.78, 5) is 11.9. The highest BCUT2D eigenvalue weighted by atomic mass is 19.1. The summed E-state index contributed by atoms with van der Waals surface area (Å²) in [6, 6.07) is 13.9. The Hall–Kier alpha value is -2.20. The number of halogens is 1. The van der Waals surface area contributed by atoms with E-state index in [1.807, 2.05) is 12.1 Å². The number of nitrogens with one attached hydrogen (secondary N) is 1. The van der Waals surface area contributed by atoms with E-state index in [9.17, 15) is 14.3 Å². The first-order valence-electron chi connectivity index (χ1n) is 7.41. The van der Waals surface area contributed by atoms with E-state index in [-0.39, 0.29) is 12.3 Å². The van der Waals surface area contributed by atoms with Gasteiger partial charge in [0.1, 0.15) is 5.82 Å². The summed E-state index contributed by atoms with van der Waals surface area (Å²) in [7, 11) is 0. The lowest BCUT2D eigenvalue weighted by Crippen LogP contribution is -2.33. The first-order valence-corrected chi connectivity index (χ1v) is 7.41. The first kappa shape index (κ1) is 14.7. The first-order chi connectivity index (χ1) is 10.6. The fourth-order valence-corrected chi connectivity index (χ4v) is 2.86. The standard InChI is InChI=1S/C18H18FNO2/c19-15-6-3-5-13(9-15)17(21)10-18(22)20-11-14-8-12-4-1-2-7-16(12)14/h1-7,9,14,17,21H,8,10-11H2,(H,20,22). The molecule has 114 valence electrons. The van der Waals surface area contributed by atoms with Crippen LogP contribution >= 0.6 is 0 Å². The van der Waals surface area contributed by atoms with Crippen LogP contribution in [0.3, 0.4) is 0 Å². The Morgan fingerprint density at radius 1 is 1.27 bits per heavy atom. The molecule has 0 saturated carbocycles. The summed E-state index contributed by atoms with van der Waals surface area (Å²) < 4.78 is 13.1. The van der Waals surface area contributed by atoms with Gasteiger partial charge in [-0.25, -0.2) is 4.39 Å². The normalized spacial score (nSPS) is 17.3. The van der Waals surface area contributed by atoms with Gasteiger partial charge in [0.25, 0.3) is 0 Å². The van der Waals surface area contributed by atoms with Gasteiger partial charge >= 0.3 is 0 Å². The van der Waals surface area contributed by atoms with E-state index in [1.54, 1.807) is 6.07 Å². The van der Waals surface area contributed by atoms with Crippen molar-refractivity contribution in [2.24, 2.45) is 0 Å². The van der Waals surface area contributed by atoms with Gasteiger partial charge in [0.15, 0.2) is 0 Å². The van der Waals surface area contributed by atoms with Crippen LogP contribution in [0.5, 0.6) is 0 Å². The number of rotatable bonds is 5. The summed E-state index contributed by atoms with van der Waals surface area (Å²) in [6.07, 6.45) is -0.0647. The second-order valence-electron chi connectivity index (χ2n) is 5.68. The van der Waals surface area contributed by atoms with Crippen LogP contribution in [0.1, 0.15) is 35.1 Å². The lowest BCUT2D eigenvalue weighted by atomic mass is 9.77. The molecule has 1 aliphatic carbocycles. The minimum Gasteiger partial charge on any atom is -0.388 e. The van der Waals surface area contributed by atoms with E-state index in [1.165, 1.54) is 29.3 Å². The summed E-state index contributed by atoms with van der Waals surface area (Å²) in [6.45, 7) is 0.575. The molecular formula is C18H18FNO2. The Morgan fingerprint density at radius 2 is 2.09 bits per heavy atom. The zero-order valence-electron chi connectivity index (χ0n) is 12.1. The van der Waals surface area contributed by atoms with Crippen LogP contribution in [0.4, 0.5) is 4.39 Å². The van der Waals surface area contributed by atoms with Crippen LogP contribution in [0.25, 0.3) is 0 Å². The number of carbonyl (C=O) groups excluding carboxylic acids is 1. The highest BCUT2D eigenvalue weighted by Gasteiger charge is 2.25. The van der Waals surface area contributed by atoms with E-state index < -0.39 is 11.9 Å². The van der Waals surface area contributed by atoms with E-state index in [2.05, 4.69) is 17.4 Å². The van der Waals surface area contributed by atoms with E-state index in [0.717, 1.165) is 6.42 Å². The smallest absolute Gasteiger partial charge is 0.222 e. The molecule has 1 aliphatic rings. The minimum atomic E-state index is -0.982. The Kier molecular flexibility index (Phi) is 4.20. The fourth-order valence-electron chi connectivity index (χ4n) is 2.86. The van der Waals surface area contributed by atoms with E-state index >= 15 is 0 Å². The van der Waals surface area contributed by atoms with Crippen molar-refractivity contribution in [3.8, 4) is 0 Å². The summed E-state index contributed by atoms with van der Waals surface area (Å²) >= 11 is 0. The molecule has 2 N–H and O–H groups in total. The quantitative estimate of drug-likeness (QED) is 0.892. The predicted octanol–water partition coefficient (Wildman–Crippen LogP) is 2.71. The topological polar surface area (TPSA) is 49.3 Å². The summed E-state index contributed by atoms with van der Waals surface area (Å²) in [5, 5.41) is 12.8. The van der Waals surface area contributed by atoms with Crippen LogP contribution in [-0.4, -0.2) is 17.6 Å². The second-order valence-corrected chi connectivity index (χ2v) is 5.68. The molecule has 3 rings (SSSR count). The number of fused-ring (bicyclic) bond motifs is 1. The molecule has 2 aromatic rings. The third-order valence-electron chi connectivity index (χ3n) is 4.12. The Labute approximate surface area is 128 Å². The van der Waals surface area contributed by atoms with Crippen molar-refractivity contribution in [3.05, 3.63) is 71.0 Å². The van der Waals surface area contributed by atoms with Crippen LogP contribution in [0.2, 0.25) is 0 Å². The SMILES string of the molecule is O=C(CC(O)c1cccc(F)c1)NCC1Cc2ccccc21. The maximum Gasteiger partial charge on any atom is 0.222 e. The van der Waals surface area contributed by atoms with Gasteiger partial charge in [-0.1, -0.05) is 36.4 Å². The molecule has 4 heteroatoms. The molecule has 2 aromatic carbocycles. The number of aliphatic hydroxyl groups is 1. The average molecular weight is 299 g/mol. The van der Waals surface area contributed by atoms with Crippen molar-refractivity contribution in [1.29, 1.82) is 0 Å². The van der Waals surface area contributed by atoms with Gasteiger partial charge in [0.05, 0.1) is 12.5 Å². The van der Waals surface area contributed by atoms with Gasteiger partial charge in [-0.3, -0.25) is 4.79 Å². The van der Waals surface area contributed by atoms with Crippen LogP contribution in [0, 0.1) is 5.82 Å². The highest BCUT2D eigenvalue weighted by Crippen LogP contribution is 2.34. The van der Waals surface area contributed by atoms with Crippen LogP contribution in [0.15, 0.2) is 48.5 Å². The molecule has 0 heterocycles. The molecule has 0 fully saturated rings. The summed E-state index contributed by atoms with van der Waals surface area (Å²) in [5.41, 5.74) is 3.04. The van der Waals surface area contributed by atoms with Crippen molar-refractivity contribution in [2.75, 3.05) is 6.54 Å². The number of carbonyl (C=O) groups is 1. The number of aliphatic hydroxyl groups excluding tert-OH is 1. The van der Waals surface area contributed by atoms with Crippen molar-refractivity contribution >= 4 is 5.91 Å². The monoisotopic (exact) mass is 299 g/mol. The Balaban J connectivity index is 1.49. The molecule has 0 aromatic heterocycles. The van der Waals surface area contributed by atoms with Gasteiger partial charge in [0.2, 0.25) is 5.91 Å². The lowest BCUT2D eigenvalue weighted by molar-refractivity contribution is -0.123. The third-order valence-corrected chi connectivity index (χ3v) is 4.12. The molecule has 3 nitrogen and oxygen atoms in total. The number of hydrogen-bond acceptors (Lipinski definition) is 2. The molecule has 0 radical (unpaired) electrons. The molecule has 0 aliphatic heterocycles. The Morgan fingerprint density at radius 3 is 2.86 bits per heavy atom. The maximum absolute atomic E-state index is 13.1. The molecule has 0 saturated heterocycles. The Bertz CT molecular complexity index is 686. The molecule has 22 heavy (non-hydrogen) atoms. The van der Waals surface area contributed by atoms with Crippen molar-refractivity contribution in [1.82, 2.24) is 5.32 Å². The van der Waals surface area contributed by atoms with Crippen LogP contribution < -0.4 is 5.32 Å². The van der Waals surface area contributed by atoms with Crippen LogP contribution in [-0.2, 0) is 11.2 Å². The molecule has 2 atom stereocenters. The predicted molar refractivity (Wildman–Crippen MR) is 81.9 cm³/mol. The second kappa shape index (κ2) is 6.28. The fraction of sp³-hybridized carbons (Fsp3) is 0.278. The average Bonchev–Trinajstić information content (AvgIpc) is 2.48. The van der Waals surface area contributed by atoms with Gasteiger partial charge in [-0.15, -0.1) is 0 Å². The zero-order chi connectivity index (χ0) is 15.5. The van der Waals surface area contributed by atoms with Gasteiger partial charge in [0, 0.05) is 12.5 Å². The van der Waals surface area contributed by atoms with Crippen molar-refractivity contribution < 1.29 is 14.3 Å². The molecule has 2 unspecified atom stereocenters. The van der Waals surface area contributed by atoms with E-state index in [4.69, 9.17) is 0 Å². The third kappa shape index (κ3) is 3.17. The van der Waals surface area contributed by atoms with Gasteiger partial charge < -0.3 is 10.4 Å². The van der Waals surface area contributed by atoms with Gasteiger partial charge in [-0.2, -0.15) is 0 Å². The molecule has 0 spiro atoms. The molecule has 0 bridgehead atoms. The van der Waals surface area contributed by atoms with Crippen molar-refractivity contribution in [2.45, 2.75) is 24.9 Å². The maximum atomic E-state index is 13.1.